The first-order valence-electron chi connectivity index (χ1n) is 10.4. The van der Waals surface area contributed by atoms with E-state index in [2.05, 4.69) is 34.2 Å². The van der Waals surface area contributed by atoms with Crippen LogP contribution in [-0.4, -0.2) is 60.2 Å². The van der Waals surface area contributed by atoms with Gasteiger partial charge in [0.1, 0.15) is 5.75 Å². The molecule has 7 heteroatoms. The molecule has 0 bridgehead atoms. The SMILES string of the molecule is COc1ccc2cc(CN(C(=S)NCCCN(C)C)C3CCCC3)c(=O)[nH]c2c1. The Morgan fingerprint density at radius 1 is 1.28 bits per heavy atom. The minimum absolute atomic E-state index is 0.0656. The Hall–Kier alpha value is -2.12. The number of fused-ring (bicyclic) bond motifs is 1. The van der Waals surface area contributed by atoms with Crippen molar-refractivity contribution in [3.05, 3.63) is 40.2 Å². The van der Waals surface area contributed by atoms with Gasteiger partial charge in [0.15, 0.2) is 5.11 Å². The summed E-state index contributed by atoms with van der Waals surface area (Å²) < 4.78 is 5.26. The van der Waals surface area contributed by atoms with Crippen LogP contribution in [0, 0.1) is 0 Å². The van der Waals surface area contributed by atoms with E-state index in [-0.39, 0.29) is 5.56 Å². The third-order valence-corrected chi connectivity index (χ3v) is 5.93. The lowest BCUT2D eigenvalue weighted by atomic mass is 10.1. The fraction of sp³-hybridized carbons (Fsp3) is 0.545. The van der Waals surface area contributed by atoms with Crippen LogP contribution in [0.5, 0.6) is 5.75 Å². The van der Waals surface area contributed by atoms with E-state index in [1.54, 1.807) is 7.11 Å². The third kappa shape index (κ3) is 5.70. The van der Waals surface area contributed by atoms with Crippen molar-refractivity contribution < 1.29 is 4.74 Å². The Balaban J connectivity index is 1.77. The van der Waals surface area contributed by atoms with Crippen LogP contribution in [0.4, 0.5) is 0 Å². The quantitative estimate of drug-likeness (QED) is 0.509. The van der Waals surface area contributed by atoms with Gasteiger partial charge in [0.2, 0.25) is 0 Å². The van der Waals surface area contributed by atoms with Gasteiger partial charge in [0, 0.05) is 24.2 Å². The second kappa shape index (κ2) is 10.1. The number of pyridine rings is 1. The van der Waals surface area contributed by atoms with Gasteiger partial charge in [-0.1, -0.05) is 12.8 Å². The van der Waals surface area contributed by atoms with E-state index >= 15 is 0 Å². The van der Waals surface area contributed by atoms with Crippen molar-refractivity contribution >= 4 is 28.2 Å². The van der Waals surface area contributed by atoms with E-state index in [4.69, 9.17) is 17.0 Å². The van der Waals surface area contributed by atoms with Gasteiger partial charge in [-0.2, -0.15) is 0 Å². The number of benzene rings is 1. The summed E-state index contributed by atoms with van der Waals surface area (Å²) in [5, 5.41) is 5.16. The minimum atomic E-state index is -0.0656. The summed E-state index contributed by atoms with van der Waals surface area (Å²) in [5.41, 5.74) is 1.46. The van der Waals surface area contributed by atoms with Gasteiger partial charge in [0.25, 0.3) is 5.56 Å². The monoisotopic (exact) mass is 416 g/mol. The molecule has 3 rings (SSSR count). The molecule has 0 aliphatic heterocycles. The normalized spacial score (nSPS) is 14.5. The number of thiocarbonyl (C=S) groups is 1. The zero-order valence-corrected chi connectivity index (χ0v) is 18.5. The number of hydrogen-bond acceptors (Lipinski definition) is 4. The van der Waals surface area contributed by atoms with Gasteiger partial charge in [-0.15, -0.1) is 0 Å². The van der Waals surface area contributed by atoms with E-state index in [1.165, 1.54) is 12.8 Å². The molecule has 0 unspecified atom stereocenters. The number of nitrogens with one attached hydrogen (secondary N) is 2. The van der Waals surface area contributed by atoms with Gasteiger partial charge in [-0.25, -0.2) is 0 Å². The first kappa shape index (κ1) is 21.6. The summed E-state index contributed by atoms with van der Waals surface area (Å²) in [6.07, 6.45) is 5.73. The zero-order valence-electron chi connectivity index (χ0n) is 17.7. The predicted octanol–water partition coefficient (Wildman–Crippen LogP) is 3.11. The smallest absolute Gasteiger partial charge is 0.253 e. The lowest BCUT2D eigenvalue weighted by Crippen LogP contribution is -2.45. The molecule has 2 N–H and O–H groups in total. The van der Waals surface area contributed by atoms with E-state index in [0.717, 1.165) is 59.7 Å². The Bertz CT molecular complexity index is 890. The lowest BCUT2D eigenvalue weighted by molar-refractivity contribution is 0.301. The summed E-state index contributed by atoms with van der Waals surface area (Å²) in [5.74, 6) is 0.733. The standard InChI is InChI=1S/C22H32N4O2S/c1-25(2)12-6-11-23-22(29)26(18-7-4-5-8-18)15-17-13-16-9-10-19(28-3)14-20(16)24-21(17)27/h9-10,13-14,18H,4-8,11-12,15H2,1-3H3,(H,23,29)(H,24,27). The predicted molar refractivity (Wildman–Crippen MR) is 123 cm³/mol. The molecule has 0 amide bonds. The maximum atomic E-state index is 12.7. The summed E-state index contributed by atoms with van der Waals surface area (Å²) in [4.78, 5) is 20.1. The van der Waals surface area contributed by atoms with Crippen molar-refractivity contribution in [1.82, 2.24) is 20.1 Å². The highest BCUT2D eigenvalue weighted by atomic mass is 32.1. The maximum absolute atomic E-state index is 12.7. The molecule has 2 aromatic rings. The molecular formula is C22H32N4O2S. The summed E-state index contributed by atoms with van der Waals surface area (Å²) in [6, 6.07) is 8.12. The van der Waals surface area contributed by atoms with Crippen LogP contribution in [-0.2, 0) is 6.54 Å². The number of aromatic nitrogens is 1. The van der Waals surface area contributed by atoms with E-state index in [0.29, 0.717) is 12.6 Å². The molecule has 1 aliphatic rings. The molecule has 0 saturated heterocycles. The number of rotatable bonds is 8. The number of H-pyrrole nitrogens is 1. The Labute approximate surface area is 178 Å². The van der Waals surface area contributed by atoms with Crippen LogP contribution in [0.25, 0.3) is 10.9 Å². The number of ether oxygens (including phenoxy) is 1. The van der Waals surface area contributed by atoms with Gasteiger partial charge in [0.05, 0.1) is 19.2 Å². The minimum Gasteiger partial charge on any atom is -0.497 e. The summed E-state index contributed by atoms with van der Waals surface area (Å²) >= 11 is 5.73. The highest BCUT2D eigenvalue weighted by Gasteiger charge is 2.25. The fourth-order valence-corrected chi connectivity index (χ4v) is 4.24. The van der Waals surface area contributed by atoms with Crippen LogP contribution in [0.1, 0.15) is 37.7 Å². The van der Waals surface area contributed by atoms with Crippen molar-refractivity contribution in [2.45, 2.75) is 44.7 Å². The number of hydrogen-bond donors (Lipinski definition) is 2. The van der Waals surface area contributed by atoms with Crippen molar-refractivity contribution in [3.8, 4) is 5.75 Å². The first-order valence-corrected chi connectivity index (χ1v) is 10.8. The molecule has 0 radical (unpaired) electrons. The molecule has 1 fully saturated rings. The highest BCUT2D eigenvalue weighted by molar-refractivity contribution is 7.80. The Morgan fingerprint density at radius 3 is 2.72 bits per heavy atom. The largest absolute Gasteiger partial charge is 0.497 e. The molecule has 1 aromatic carbocycles. The van der Waals surface area contributed by atoms with E-state index in [9.17, 15) is 4.79 Å². The van der Waals surface area contributed by atoms with E-state index in [1.807, 2.05) is 24.3 Å². The summed E-state index contributed by atoms with van der Waals surface area (Å²) in [7, 11) is 5.77. The van der Waals surface area contributed by atoms with Crippen molar-refractivity contribution in [1.29, 1.82) is 0 Å². The second-order valence-corrected chi connectivity index (χ2v) is 8.42. The molecule has 1 heterocycles. The first-order chi connectivity index (χ1) is 14.0. The molecule has 0 atom stereocenters. The topological polar surface area (TPSA) is 60.6 Å². The summed E-state index contributed by atoms with van der Waals surface area (Å²) in [6.45, 7) is 2.39. The molecular weight excluding hydrogens is 384 g/mol. The average Bonchev–Trinajstić information content (AvgIpc) is 3.23. The van der Waals surface area contributed by atoms with Crippen LogP contribution in [0.15, 0.2) is 29.1 Å². The molecule has 0 spiro atoms. The van der Waals surface area contributed by atoms with Crippen LogP contribution < -0.4 is 15.6 Å². The number of methoxy groups -OCH3 is 1. The van der Waals surface area contributed by atoms with Crippen molar-refractivity contribution in [2.75, 3.05) is 34.3 Å². The fourth-order valence-electron chi connectivity index (χ4n) is 3.93. The van der Waals surface area contributed by atoms with E-state index < -0.39 is 0 Å². The van der Waals surface area contributed by atoms with Gasteiger partial charge in [-0.05, 0) is 75.7 Å². The van der Waals surface area contributed by atoms with Crippen molar-refractivity contribution in [3.63, 3.8) is 0 Å². The van der Waals surface area contributed by atoms with Crippen LogP contribution >= 0.6 is 12.2 Å². The number of aromatic amines is 1. The third-order valence-electron chi connectivity index (χ3n) is 5.56. The Morgan fingerprint density at radius 2 is 2.03 bits per heavy atom. The molecule has 6 nitrogen and oxygen atoms in total. The molecule has 1 aliphatic carbocycles. The van der Waals surface area contributed by atoms with Gasteiger partial charge in [-0.3, -0.25) is 4.79 Å². The van der Waals surface area contributed by atoms with Crippen LogP contribution in [0.2, 0.25) is 0 Å². The molecule has 1 aromatic heterocycles. The average molecular weight is 417 g/mol. The lowest BCUT2D eigenvalue weighted by Gasteiger charge is -2.31. The van der Waals surface area contributed by atoms with Gasteiger partial charge < -0.3 is 24.8 Å². The molecule has 1 saturated carbocycles. The number of nitrogens with zero attached hydrogens (tertiary/aromatic N) is 2. The molecule has 29 heavy (non-hydrogen) atoms. The van der Waals surface area contributed by atoms with Crippen molar-refractivity contribution in [2.24, 2.45) is 0 Å². The second-order valence-electron chi connectivity index (χ2n) is 8.03. The Kier molecular flexibility index (Phi) is 7.50. The maximum Gasteiger partial charge on any atom is 0.253 e. The zero-order chi connectivity index (χ0) is 20.8. The highest BCUT2D eigenvalue weighted by Crippen LogP contribution is 2.25. The van der Waals surface area contributed by atoms with Crippen LogP contribution in [0.3, 0.4) is 0 Å². The molecule has 158 valence electrons. The van der Waals surface area contributed by atoms with Gasteiger partial charge >= 0.3 is 0 Å².